The first-order chi connectivity index (χ1) is 13.5. The van der Waals surface area contributed by atoms with Gasteiger partial charge in [-0.15, -0.1) is 0 Å². The summed E-state index contributed by atoms with van der Waals surface area (Å²) in [5, 5.41) is 5.42. The summed E-state index contributed by atoms with van der Waals surface area (Å²) in [6.45, 7) is 1.94. The van der Waals surface area contributed by atoms with Crippen molar-refractivity contribution in [3.63, 3.8) is 0 Å². The first-order valence-electron chi connectivity index (χ1n) is 8.60. The second-order valence-electron chi connectivity index (χ2n) is 6.39. The fourth-order valence-electron chi connectivity index (χ4n) is 3.13. The van der Waals surface area contributed by atoms with Crippen LogP contribution in [-0.4, -0.2) is 18.8 Å². The topological polar surface area (TPSA) is 85.9 Å². The molecule has 0 bridgehead atoms. The predicted molar refractivity (Wildman–Crippen MR) is 104 cm³/mol. The third-order valence-corrected chi connectivity index (χ3v) is 5.03. The van der Waals surface area contributed by atoms with Crippen molar-refractivity contribution >= 4 is 27.9 Å². The molecule has 2 aliphatic rings. The zero-order valence-corrected chi connectivity index (χ0v) is 16.5. The van der Waals surface area contributed by atoms with Gasteiger partial charge in [0.05, 0.1) is 11.6 Å². The van der Waals surface area contributed by atoms with Crippen LogP contribution in [0.4, 0.5) is 4.79 Å². The fourth-order valence-corrected chi connectivity index (χ4v) is 3.39. The Balaban J connectivity index is 1.54. The Hall–Kier alpha value is -3.00. The maximum atomic E-state index is 12.8. The lowest BCUT2D eigenvalue weighted by Crippen LogP contribution is -2.45. The minimum Gasteiger partial charge on any atom is -0.457 e. The maximum Gasteiger partial charge on any atom is 0.338 e. The molecule has 0 radical (unpaired) electrons. The molecule has 2 heterocycles. The third kappa shape index (κ3) is 3.68. The van der Waals surface area contributed by atoms with Crippen molar-refractivity contribution in [1.82, 2.24) is 10.6 Å². The number of esters is 1. The van der Waals surface area contributed by atoms with Gasteiger partial charge in [-0.25, -0.2) is 9.59 Å². The highest BCUT2D eigenvalue weighted by Gasteiger charge is 2.32. The largest absolute Gasteiger partial charge is 0.457 e. The normalized spacial score (nSPS) is 17.8. The molecule has 7 nitrogen and oxygen atoms in total. The molecule has 4 rings (SSSR count). The van der Waals surface area contributed by atoms with Crippen molar-refractivity contribution in [3.05, 3.63) is 69.3 Å². The SMILES string of the molecule is CC1=C(C(=O)OCc2ccc3c(c2)OCO3)[C@H](c2ccc(Br)cc2)NC(=O)N1. The van der Waals surface area contributed by atoms with Gasteiger partial charge in [0.2, 0.25) is 6.79 Å². The van der Waals surface area contributed by atoms with E-state index in [9.17, 15) is 9.59 Å². The third-order valence-electron chi connectivity index (χ3n) is 4.50. The van der Waals surface area contributed by atoms with Crippen LogP contribution in [-0.2, 0) is 16.1 Å². The monoisotopic (exact) mass is 444 g/mol. The molecule has 0 unspecified atom stereocenters. The molecule has 2 aliphatic heterocycles. The molecule has 8 heteroatoms. The molecule has 0 aromatic heterocycles. The van der Waals surface area contributed by atoms with Gasteiger partial charge in [0.25, 0.3) is 0 Å². The van der Waals surface area contributed by atoms with Gasteiger partial charge in [-0.3, -0.25) is 0 Å². The summed E-state index contributed by atoms with van der Waals surface area (Å²) in [5.74, 6) is 0.794. The summed E-state index contributed by atoms with van der Waals surface area (Å²) in [7, 11) is 0. The maximum absolute atomic E-state index is 12.8. The molecule has 28 heavy (non-hydrogen) atoms. The zero-order valence-electron chi connectivity index (χ0n) is 15.0. The van der Waals surface area contributed by atoms with E-state index in [-0.39, 0.29) is 19.4 Å². The number of amides is 2. The van der Waals surface area contributed by atoms with Gasteiger partial charge in [-0.05, 0) is 42.3 Å². The Bertz CT molecular complexity index is 971. The molecule has 144 valence electrons. The molecular weight excluding hydrogens is 428 g/mol. The molecule has 2 aromatic carbocycles. The predicted octanol–water partition coefficient (Wildman–Crippen LogP) is 3.55. The number of benzene rings is 2. The second kappa shape index (κ2) is 7.55. The number of hydrogen-bond donors (Lipinski definition) is 2. The quantitative estimate of drug-likeness (QED) is 0.704. The number of ether oxygens (including phenoxy) is 3. The average molecular weight is 445 g/mol. The molecular formula is C20H17BrN2O5. The summed E-state index contributed by atoms with van der Waals surface area (Å²) in [6.07, 6.45) is 0. The van der Waals surface area contributed by atoms with Gasteiger partial charge in [-0.2, -0.15) is 0 Å². The summed E-state index contributed by atoms with van der Waals surface area (Å²) < 4.78 is 17.0. The Morgan fingerprint density at radius 2 is 1.93 bits per heavy atom. The smallest absolute Gasteiger partial charge is 0.338 e. The summed E-state index contributed by atoms with van der Waals surface area (Å²) in [6, 6.07) is 11.8. The van der Waals surface area contributed by atoms with Crippen LogP contribution < -0.4 is 20.1 Å². The van der Waals surface area contributed by atoms with Crippen LogP contribution in [0.3, 0.4) is 0 Å². The summed E-state index contributed by atoms with van der Waals surface area (Å²) >= 11 is 3.39. The van der Waals surface area contributed by atoms with Gasteiger partial charge in [0, 0.05) is 10.2 Å². The van der Waals surface area contributed by atoms with Crippen molar-refractivity contribution in [3.8, 4) is 11.5 Å². The van der Waals surface area contributed by atoms with Crippen molar-refractivity contribution in [2.45, 2.75) is 19.6 Å². The Kier molecular flexibility index (Phi) is 4.95. The Labute approximate surface area is 169 Å². The number of fused-ring (bicyclic) bond motifs is 1. The molecule has 0 fully saturated rings. The standard InChI is InChI=1S/C20H17BrN2O5/c1-11-17(18(23-20(25)22-11)13-3-5-14(21)6-4-13)19(24)26-9-12-2-7-15-16(8-12)28-10-27-15/h2-8,18H,9-10H2,1H3,(H2,22,23,25)/t18-/m0/s1. The van der Waals surface area contributed by atoms with E-state index in [2.05, 4.69) is 26.6 Å². The van der Waals surface area contributed by atoms with Crippen LogP contribution >= 0.6 is 15.9 Å². The van der Waals surface area contributed by atoms with Gasteiger partial charge >= 0.3 is 12.0 Å². The van der Waals surface area contributed by atoms with Crippen LogP contribution in [0.2, 0.25) is 0 Å². The first kappa shape index (κ1) is 18.4. The van der Waals surface area contributed by atoms with Crippen molar-refractivity contribution < 1.29 is 23.8 Å². The molecule has 0 spiro atoms. The zero-order chi connectivity index (χ0) is 19.7. The molecule has 0 saturated heterocycles. The highest BCUT2D eigenvalue weighted by Crippen LogP contribution is 2.33. The number of allylic oxidation sites excluding steroid dienone is 1. The molecule has 0 saturated carbocycles. The van der Waals surface area contributed by atoms with Crippen LogP contribution in [0.5, 0.6) is 11.5 Å². The van der Waals surface area contributed by atoms with Crippen LogP contribution in [0.25, 0.3) is 0 Å². The molecule has 0 aliphatic carbocycles. The number of urea groups is 1. The van der Waals surface area contributed by atoms with Crippen LogP contribution in [0.1, 0.15) is 24.1 Å². The van der Waals surface area contributed by atoms with E-state index in [1.807, 2.05) is 30.3 Å². The van der Waals surface area contributed by atoms with E-state index in [1.165, 1.54) is 0 Å². The number of halogens is 1. The van der Waals surface area contributed by atoms with E-state index in [0.29, 0.717) is 22.8 Å². The van der Waals surface area contributed by atoms with Crippen LogP contribution in [0.15, 0.2) is 58.2 Å². The minimum atomic E-state index is -0.592. The number of carbonyl (C=O) groups is 2. The van der Waals surface area contributed by atoms with E-state index in [1.54, 1.807) is 19.1 Å². The van der Waals surface area contributed by atoms with Gasteiger partial charge in [-0.1, -0.05) is 34.1 Å². The second-order valence-corrected chi connectivity index (χ2v) is 7.30. The molecule has 2 amide bonds. The minimum absolute atomic E-state index is 0.0766. The molecule has 1 atom stereocenters. The van der Waals surface area contributed by atoms with E-state index < -0.39 is 12.0 Å². The summed E-state index contributed by atoms with van der Waals surface area (Å²) in [5.41, 5.74) is 2.39. The van der Waals surface area contributed by atoms with E-state index in [0.717, 1.165) is 15.6 Å². The van der Waals surface area contributed by atoms with Gasteiger partial charge in [0.1, 0.15) is 6.61 Å². The first-order valence-corrected chi connectivity index (χ1v) is 9.40. The number of carbonyl (C=O) groups excluding carboxylic acids is 2. The summed E-state index contributed by atoms with van der Waals surface area (Å²) in [4.78, 5) is 24.8. The number of nitrogens with one attached hydrogen (secondary N) is 2. The highest BCUT2D eigenvalue weighted by atomic mass is 79.9. The van der Waals surface area contributed by atoms with Gasteiger partial charge < -0.3 is 24.8 Å². The van der Waals surface area contributed by atoms with Crippen molar-refractivity contribution in [1.29, 1.82) is 0 Å². The van der Waals surface area contributed by atoms with Crippen molar-refractivity contribution in [2.75, 3.05) is 6.79 Å². The average Bonchev–Trinajstić information content (AvgIpc) is 3.14. The van der Waals surface area contributed by atoms with E-state index in [4.69, 9.17) is 14.2 Å². The van der Waals surface area contributed by atoms with Crippen molar-refractivity contribution in [2.24, 2.45) is 0 Å². The lowest BCUT2D eigenvalue weighted by molar-refractivity contribution is -0.140. The van der Waals surface area contributed by atoms with Gasteiger partial charge in [0.15, 0.2) is 11.5 Å². The number of rotatable bonds is 4. The Morgan fingerprint density at radius 3 is 2.71 bits per heavy atom. The number of hydrogen-bond acceptors (Lipinski definition) is 5. The van der Waals surface area contributed by atoms with Crippen LogP contribution in [0, 0.1) is 0 Å². The highest BCUT2D eigenvalue weighted by molar-refractivity contribution is 9.10. The van der Waals surface area contributed by atoms with E-state index >= 15 is 0 Å². The molecule has 2 aromatic rings. The lowest BCUT2D eigenvalue weighted by atomic mass is 9.96. The Morgan fingerprint density at radius 1 is 1.18 bits per heavy atom. The lowest BCUT2D eigenvalue weighted by Gasteiger charge is -2.28. The fraction of sp³-hybridized carbons (Fsp3) is 0.200. The molecule has 2 N–H and O–H groups in total.